The topological polar surface area (TPSA) is 23.5 Å². The molecule has 1 fully saturated rings. The Morgan fingerprint density at radius 1 is 0.839 bits per heavy atom. The third kappa shape index (κ3) is 5.30. The van der Waals surface area contributed by atoms with Crippen LogP contribution in [0.5, 0.6) is 0 Å². The lowest BCUT2D eigenvalue weighted by Gasteiger charge is -2.38. The second-order valence-corrected chi connectivity index (χ2v) is 8.20. The van der Waals surface area contributed by atoms with Gasteiger partial charge in [-0.15, -0.1) is 0 Å². The van der Waals surface area contributed by atoms with Crippen LogP contribution >= 0.6 is 0 Å². The van der Waals surface area contributed by atoms with E-state index in [4.69, 9.17) is 0 Å². The van der Waals surface area contributed by atoms with E-state index in [0.29, 0.717) is 0 Å². The maximum absolute atomic E-state index is 13.6. The van der Waals surface area contributed by atoms with E-state index >= 15 is 0 Å². The van der Waals surface area contributed by atoms with E-state index < -0.39 is 0 Å². The highest BCUT2D eigenvalue weighted by Crippen LogP contribution is 2.39. The first kappa shape index (κ1) is 21.5. The molecule has 0 spiro atoms. The third-order valence-corrected chi connectivity index (χ3v) is 6.17. The molecule has 1 atom stereocenters. The van der Waals surface area contributed by atoms with E-state index in [9.17, 15) is 9.50 Å². The number of benzene rings is 3. The zero-order valence-electron chi connectivity index (χ0n) is 17.9. The predicted molar refractivity (Wildman–Crippen MR) is 125 cm³/mol. The third-order valence-electron chi connectivity index (χ3n) is 6.17. The number of nitrogens with zero attached hydrogens (tertiary/aromatic N) is 1. The van der Waals surface area contributed by atoms with Crippen molar-refractivity contribution in [3.8, 4) is 0 Å². The monoisotopic (exact) mass is 415 g/mol. The molecule has 3 aromatic carbocycles. The molecular weight excluding hydrogens is 385 g/mol. The standard InChI is InChI=1S/C28H30FNO/c29-26-15-13-22(14-16-26)27-21-25(17-19-30(27)18-7-8-20-31)28(23-9-3-1-4-10-23)24-11-5-2-6-12-24/h1-6,9-16,27,31H,7-8,17-21H2. The van der Waals surface area contributed by atoms with Gasteiger partial charge in [-0.2, -0.15) is 0 Å². The molecule has 0 saturated carbocycles. The van der Waals surface area contributed by atoms with Crippen molar-refractivity contribution in [2.45, 2.75) is 31.7 Å². The SMILES string of the molecule is OCCCCN1CCC(=C(c2ccccc2)c2ccccc2)CC1c1ccc(F)cc1. The van der Waals surface area contributed by atoms with Crippen LogP contribution in [0.25, 0.3) is 5.57 Å². The summed E-state index contributed by atoms with van der Waals surface area (Å²) >= 11 is 0. The summed E-state index contributed by atoms with van der Waals surface area (Å²) in [6, 6.07) is 28.5. The Bertz CT molecular complexity index is 941. The van der Waals surface area contributed by atoms with Gasteiger partial charge in [0.05, 0.1) is 0 Å². The number of unbranched alkanes of at least 4 members (excludes halogenated alkanes) is 1. The fourth-order valence-corrected chi connectivity index (χ4v) is 4.62. The van der Waals surface area contributed by atoms with Crippen LogP contribution in [0.2, 0.25) is 0 Å². The number of piperidine rings is 1. The minimum Gasteiger partial charge on any atom is -0.396 e. The molecule has 160 valence electrons. The van der Waals surface area contributed by atoms with Crippen molar-refractivity contribution in [3.05, 3.63) is 113 Å². The minimum absolute atomic E-state index is 0.198. The molecule has 1 N–H and O–H groups in total. The summed E-state index contributed by atoms with van der Waals surface area (Å²) in [6.07, 6.45) is 3.71. The van der Waals surface area contributed by atoms with Crippen molar-refractivity contribution >= 4 is 5.57 Å². The molecule has 4 rings (SSSR count). The lowest BCUT2D eigenvalue weighted by Crippen LogP contribution is -2.35. The highest BCUT2D eigenvalue weighted by Gasteiger charge is 2.28. The van der Waals surface area contributed by atoms with Gasteiger partial charge in [-0.05, 0) is 66.6 Å². The average Bonchev–Trinajstić information content (AvgIpc) is 2.82. The number of hydrogen-bond acceptors (Lipinski definition) is 2. The van der Waals surface area contributed by atoms with E-state index in [1.807, 2.05) is 12.1 Å². The maximum Gasteiger partial charge on any atom is 0.123 e. The summed E-state index contributed by atoms with van der Waals surface area (Å²) in [6.45, 7) is 2.14. The Hall–Kier alpha value is -2.75. The van der Waals surface area contributed by atoms with Gasteiger partial charge in [0.25, 0.3) is 0 Å². The van der Waals surface area contributed by atoms with Gasteiger partial charge in [-0.1, -0.05) is 78.4 Å². The fraction of sp³-hybridized carbons (Fsp3) is 0.286. The minimum atomic E-state index is -0.198. The molecule has 2 nitrogen and oxygen atoms in total. The van der Waals surface area contributed by atoms with Gasteiger partial charge >= 0.3 is 0 Å². The smallest absolute Gasteiger partial charge is 0.123 e. The Morgan fingerprint density at radius 2 is 1.45 bits per heavy atom. The first-order valence-electron chi connectivity index (χ1n) is 11.2. The molecule has 3 aromatic rings. The highest BCUT2D eigenvalue weighted by atomic mass is 19.1. The molecule has 1 unspecified atom stereocenters. The van der Waals surface area contributed by atoms with Crippen molar-refractivity contribution in [3.63, 3.8) is 0 Å². The van der Waals surface area contributed by atoms with Crippen LogP contribution in [0.1, 0.15) is 48.4 Å². The molecule has 0 aliphatic carbocycles. The van der Waals surface area contributed by atoms with Gasteiger partial charge in [-0.25, -0.2) is 4.39 Å². The van der Waals surface area contributed by atoms with E-state index in [2.05, 4.69) is 65.6 Å². The van der Waals surface area contributed by atoms with Crippen LogP contribution < -0.4 is 0 Å². The summed E-state index contributed by atoms with van der Waals surface area (Å²) in [7, 11) is 0. The summed E-state index contributed by atoms with van der Waals surface area (Å²) in [5.74, 6) is -0.198. The lowest BCUT2D eigenvalue weighted by molar-refractivity contribution is 0.165. The van der Waals surface area contributed by atoms with Gasteiger partial charge in [0.1, 0.15) is 5.82 Å². The van der Waals surface area contributed by atoms with Crippen molar-refractivity contribution in [2.75, 3.05) is 19.7 Å². The van der Waals surface area contributed by atoms with Crippen molar-refractivity contribution in [2.24, 2.45) is 0 Å². The van der Waals surface area contributed by atoms with Gasteiger partial charge in [0.2, 0.25) is 0 Å². The molecule has 1 heterocycles. The van der Waals surface area contributed by atoms with Crippen LogP contribution in [0.3, 0.4) is 0 Å². The van der Waals surface area contributed by atoms with Crippen LogP contribution in [0.15, 0.2) is 90.5 Å². The number of rotatable bonds is 7. The molecule has 0 bridgehead atoms. The highest BCUT2D eigenvalue weighted by molar-refractivity contribution is 5.82. The number of aliphatic hydroxyl groups is 1. The summed E-state index contributed by atoms with van der Waals surface area (Å²) in [4.78, 5) is 2.50. The van der Waals surface area contributed by atoms with E-state index in [0.717, 1.165) is 44.3 Å². The number of aliphatic hydroxyl groups excluding tert-OH is 1. The summed E-state index contributed by atoms with van der Waals surface area (Å²) in [5.41, 5.74) is 6.42. The van der Waals surface area contributed by atoms with Crippen LogP contribution in [0, 0.1) is 5.82 Å². The number of likely N-dealkylation sites (tertiary alicyclic amines) is 1. The van der Waals surface area contributed by atoms with Crippen LogP contribution in [0.4, 0.5) is 4.39 Å². The Balaban J connectivity index is 1.73. The molecule has 0 amide bonds. The predicted octanol–water partition coefficient (Wildman–Crippen LogP) is 6.24. The number of hydrogen-bond donors (Lipinski definition) is 1. The quantitative estimate of drug-likeness (QED) is 0.462. The Labute approximate surface area is 184 Å². The Morgan fingerprint density at radius 3 is 2.03 bits per heavy atom. The first-order valence-corrected chi connectivity index (χ1v) is 11.2. The van der Waals surface area contributed by atoms with Gasteiger partial charge < -0.3 is 5.11 Å². The fourth-order valence-electron chi connectivity index (χ4n) is 4.62. The largest absolute Gasteiger partial charge is 0.396 e. The summed E-state index contributed by atoms with van der Waals surface area (Å²) in [5, 5.41) is 9.21. The lowest BCUT2D eigenvalue weighted by atomic mass is 9.84. The zero-order chi connectivity index (χ0) is 21.5. The van der Waals surface area contributed by atoms with Gasteiger partial charge in [0.15, 0.2) is 0 Å². The van der Waals surface area contributed by atoms with Crippen LogP contribution in [-0.2, 0) is 0 Å². The van der Waals surface area contributed by atoms with Gasteiger partial charge in [-0.3, -0.25) is 4.90 Å². The molecular formula is C28H30FNO. The summed E-state index contributed by atoms with van der Waals surface area (Å²) < 4.78 is 13.6. The molecule has 0 aromatic heterocycles. The van der Waals surface area contributed by atoms with Crippen LogP contribution in [-0.4, -0.2) is 29.7 Å². The molecule has 1 aliphatic heterocycles. The molecule has 31 heavy (non-hydrogen) atoms. The zero-order valence-corrected chi connectivity index (χ0v) is 17.9. The number of halogens is 1. The van der Waals surface area contributed by atoms with E-state index in [1.165, 1.54) is 22.3 Å². The second kappa shape index (κ2) is 10.5. The second-order valence-electron chi connectivity index (χ2n) is 8.20. The van der Waals surface area contributed by atoms with Crippen molar-refractivity contribution < 1.29 is 9.50 Å². The molecule has 0 radical (unpaired) electrons. The van der Waals surface area contributed by atoms with E-state index in [-0.39, 0.29) is 18.5 Å². The first-order chi connectivity index (χ1) is 15.3. The van der Waals surface area contributed by atoms with Gasteiger partial charge in [0, 0.05) is 19.2 Å². The Kier molecular flexibility index (Phi) is 7.29. The molecule has 1 aliphatic rings. The average molecular weight is 416 g/mol. The molecule has 1 saturated heterocycles. The molecule has 3 heteroatoms. The van der Waals surface area contributed by atoms with E-state index in [1.54, 1.807) is 12.1 Å². The maximum atomic E-state index is 13.6. The van der Waals surface area contributed by atoms with Crippen molar-refractivity contribution in [1.82, 2.24) is 4.90 Å². The van der Waals surface area contributed by atoms with Crippen molar-refractivity contribution in [1.29, 1.82) is 0 Å². The normalized spacial score (nSPS) is 17.0.